The molecule has 12 heavy (non-hydrogen) atoms. The molecule has 0 aliphatic rings. The van der Waals surface area contributed by atoms with Crippen LogP contribution in [0.5, 0.6) is 0 Å². The minimum atomic E-state index is -0.323. The van der Waals surface area contributed by atoms with Crippen LogP contribution in [0.25, 0.3) is 0 Å². The van der Waals surface area contributed by atoms with E-state index >= 15 is 0 Å². The van der Waals surface area contributed by atoms with E-state index in [-0.39, 0.29) is 18.7 Å². The molecule has 0 aliphatic carbocycles. The molecule has 0 saturated heterocycles. The van der Waals surface area contributed by atoms with Gasteiger partial charge < -0.3 is 16.0 Å². The number of hydrogen-bond donors (Lipinski definition) is 2. The summed E-state index contributed by atoms with van der Waals surface area (Å²) in [6, 6.07) is 0. The van der Waals surface area contributed by atoms with Crippen LogP contribution in [0, 0.1) is 0 Å². The Morgan fingerprint density at radius 3 is 2.25 bits per heavy atom. The van der Waals surface area contributed by atoms with E-state index in [1.165, 1.54) is 7.11 Å². The van der Waals surface area contributed by atoms with Gasteiger partial charge >= 0.3 is 5.97 Å². The second kappa shape index (κ2) is 6.82. The van der Waals surface area contributed by atoms with Crippen LogP contribution >= 0.6 is 0 Å². The Kier molecular flexibility index (Phi) is 7.78. The predicted molar refractivity (Wildman–Crippen MR) is 47.1 cm³/mol. The Morgan fingerprint density at radius 2 is 1.92 bits per heavy atom. The van der Waals surface area contributed by atoms with Gasteiger partial charge in [0.25, 0.3) is 0 Å². The molecule has 0 amide bonds. The molecule has 0 atom stereocenters. The number of carbonyl (C=O) groups is 1. The fraction of sp³-hybridized carbons (Fsp3) is 0.625. The smallest absolute Gasteiger partial charge is 0.333 e. The number of aliphatic hydroxyl groups is 1. The fourth-order valence-corrected chi connectivity index (χ4v) is 0.683. The van der Waals surface area contributed by atoms with Crippen LogP contribution in [0.3, 0.4) is 0 Å². The summed E-state index contributed by atoms with van der Waals surface area (Å²) in [5, 5.41) is 8.55. The van der Waals surface area contributed by atoms with Gasteiger partial charge in [-0.15, -0.1) is 0 Å². The van der Waals surface area contributed by atoms with Gasteiger partial charge in [0.1, 0.15) is 0 Å². The monoisotopic (exact) mass is 175 g/mol. The molecule has 0 radical (unpaired) electrons. The van der Waals surface area contributed by atoms with Gasteiger partial charge in [-0.2, -0.15) is 0 Å². The maximum absolute atomic E-state index is 10.9. The van der Waals surface area contributed by atoms with Crippen LogP contribution in [-0.2, 0) is 9.53 Å². The topological polar surface area (TPSA) is 81.5 Å². The quantitative estimate of drug-likeness (QED) is 0.496. The molecule has 72 valence electrons. The maximum Gasteiger partial charge on any atom is 0.333 e. The first-order chi connectivity index (χ1) is 5.13. The second-order valence-electron chi connectivity index (χ2n) is 2.37. The number of methoxy groups -OCH3 is 1. The standard InChI is InChI=1S/C8H14O3.H3N/c1-6(4-5-9)7(2)8(10)11-3;/h9H,4-5H2,1-3H3;1H3. The average molecular weight is 175 g/mol. The zero-order chi connectivity index (χ0) is 8.85. The largest absolute Gasteiger partial charge is 0.466 e. The molecule has 0 saturated carbocycles. The third kappa shape index (κ3) is 4.10. The van der Waals surface area contributed by atoms with Gasteiger partial charge in [-0.1, -0.05) is 5.57 Å². The molecule has 0 aromatic heterocycles. The first-order valence-electron chi connectivity index (χ1n) is 3.49. The third-order valence-electron chi connectivity index (χ3n) is 1.62. The SMILES string of the molecule is COC(=O)C(C)=C(C)CCO.N. The van der Waals surface area contributed by atoms with E-state index in [1.807, 2.05) is 6.92 Å². The summed E-state index contributed by atoms with van der Waals surface area (Å²) < 4.78 is 4.50. The molecule has 0 aromatic rings. The van der Waals surface area contributed by atoms with Crippen molar-refractivity contribution in [2.75, 3.05) is 13.7 Å². The third-order valence-corrected chi connectivity index (χ3v) is 1.62. The summed E-state index contributed by atoms with van der Waals surface area (Å²) >= 11 is 0. The predicted octanol–water partition coefficient (Wildman–Crippen LogP) is 1.04. The summed E-state index contributed by atoms with van der Waals surface area (Å²) in [7, 11) is 1.35. The van der Waals surface area contributed by atoms with E-state index in [4.69, 9.17) is 5.11 Å². The lowest BCUT2D eigenvalue weighted by atomic mass is 10.1. The first-order valence-corrected chi connectivity index (χ1v) is 3.49. The van der Waals surface area contributed by atoms with Crippen molar-refractivity contribution in [2.45, 2.75) is 20.3 Å². The second-order valence-corrected chi connectivity index (χ2v) is 2.37. The fourth-order valence-electron chi connectivity index (χ4n) is 0.683. The molecule has 4 N–H and O–H groups in total. The lowest BCUT2D eigenvalue weighted by molar-refractivity contribution is -0.136. The van der Waals surface area contributed by atoms with Crippen LogP contribution in [0.1, 0.15) is 20.3 Å². The van der Waals surface area contributed by atoms with Crippen LogP contribution < -0.4 is 6.15 Å². The Labute approximate surface area is 72.8 Å². The van der Waals surface area contributed by atoms with Gasteiger partial charge in [-0.25, -0.2) is 4.79 Å². The highest BCUT2D eigenvalue weighted by Crippen LogP contribution is 2.07. The van der Waals surface area contributed by atoms with Crippen molar-refractivity contribution >= 4 is 5.97 Å². The van der Waals surface area contributed by atoms with Gasteiger partial charge in [0, 0.05) is 12.2 Å². The van der Waals surface area contributed by atoms with Crippen molar-refractivity contribution < 1.29 is 14.6 Å². The van der Waals surface area contributed by atoms with Gasteiger partial charge in [0.15, 0.2) is 0 Å². The normalized spacial score (nSPS) is 11.3. The van der Waals surface area contributed by atoms with E-state index < -0.39 is 0 Å². The summed E-state index contributed by atoms with van der Waals surface area (Å²) in [5.74, 6) is -0.323. The van der Waals surface area contributed by atoms with E-state index in [0.29, 0.717) is 12.0 Å². The molecule has 0 bridgehead atoms. The van der Waals surface area contributed by atoms with Crippen LogP contribution in [0.2, 0.25) is 0 Å². The van der Waals surface area contributed by atoms with E-state index in [2.05, 4.69) is 4.74 Å². The van der Waals surface area contributed by atoms with Crippen molar-refractivity contribution in [3.05, 3.63) is 11.1 Å². The van der Waals surface area contributed by atoms with Crippen molar-refractivity contribution in [1.82, 2.24) is 6.15 Å². The van der Waals surface area contributed by atoms with Crippen molar-refractivity contribution in [1.29, 1.82) is 0 Å². The molecule has 0 spiro atoms. The Balaban J connectivity index is 0. The average Bonchev–Trinajstić information content (AvgIpc) is 2.02. The van der Waals surface area contributed by atoms with Crippen molar-refractivity contribution in [2.24, 2.45) is 0 Å². The Bertz CT molecular complexity index is 175. The van der Waals surface area contributed by atoms with Crippen LogP contribution in [-0.4, -0.2) is 24.8 Å². The molecule has 0 aromatic carbocycles. The zero-order valence-electron chi connectivity index (χ0n) is 7.89. The number of esters is 1. The molecule has 4 heteroatoms. The molecule has 4 nitrogen and oxygen atoms in total. The highest BCUT2D eigenvalue weighted by molar-refractivity contribution is 5.88. The molecular formula is C8H17NO3. The number of rotatable bonds is 3. The highest BCUT2D eigenvalue weighted by atomic mass is 16.5. The van der Waals surface area contributed by atoms with Gasteiger partial charge in [-0.3, -0.25) is 0 Å². The summed E-state index contributed by atoms with van der Waals surface area (Å²) in [5.41, 5.74) is 1.46. The lowest BCUT2D eigenvalue weighted by Crippen LogP contribution is -2.04. The Morgan fingerprint density at radius 1 is 1.42 bits per heavy atom. The zero-order valence-corrected chi connectivity index (χ0v) is 7.89. The van der Waals surface area contributed by atoms with Crippen molar-refractivity contribution in [3.8, 4) is 0 Å². The summed E-state index contributed by atoms with van der Waals surface area (Å²) in [6.45, 7) is 3.57. The number of carbonyl (C=O) groups excluding carboxylic acids is 1. The number of ether oxygens (including phenoxy) is 1. The molecule has 0 aliphatic heterocycles. The minimum Gasteiger partial charge on any atom is -0.466 e. The summed E-state index contributed by atoms with van der Waals surface area (Å²) in [4.78, 5) is 10.9. The maximum atomic E-state index is 10.9. The van der Waals surface area contributed by atoms with Gasteiger partial charge in [0.05, 0.1) is 7.11 Å². The lowest BCUT2D eigenvalue weighted by Gasteiger charge is -2.03. The highest BCUT2D eigenvalue weighted by Gasteiger charge is 2.05. The molecule has 0 rings (SSSR count). The molecular weight excluding hydrogens is 158 g/mol. The molecule has 0 fully saturated rings. The van der Waals surface area contributed by atoms with Crippen molar-refractivity contribution in [3.63, 3.8) is 0 Å². The molecule has 0 heterocycles. The number of hydrogen-bond acceptors (Lipinski definition) is 4. The molecule has 0 unspecified atom stereocenters. The first kappa shape index (κ1) is 13.7. The Hall–Kier alpha value is -0.870. The van der Waals surface area contributed by atoms with Gasteiger partial charge in [0.2, 0.25) is 0 Å². The van der Waals surface area contributed by atoms with E-state index in [1.54, 1.807) is 6.92 Å². The minimum absolute atomic E-state index is 0. The number of aliphatic hydroxyl groups excluding tert-OH is 1. The van der Waals surface area contributed by atoms with Crippen LogP contribution in [0.15, 0.2) is 11.1 Å². The van der Waals surface area contributed by atoms with Gasteiger partial charge in [-0.05, 0) is 20.3 Å². The van der Waals surface area contributed by atoms with E-state index in [0.717, 1.165) is 5.57 Å². The van der Waals surface area contributed by atoms with E-state index in [9.17, 15) is 4.79 Å². The summed E-state index contributed by atoms with van der Waals surface area (Å²) in [6.07, 6.45) is 0.529. The van der Waals surface area contributed by atoms with Crippen LogP contribution in [0.4, 0.5) is 0 Å².